The van der Waals surface area contributed by atoms with Crippen molar-refractivity contribution in [1.29, 1.82) is 0 Å². The summed E-state index contributed by atoms with van der Waals surface area (Å²) in [5.74, 6) is -0.735. The quantitative estimate of drug-likeness (QED) is 0.593. The molecule has 0 saturated carbocycles. The Balaban J connectivity index is 1.92. The predicted octanol–water partition coefficient (Wildman–Crippen LogP) is 5.58. The Morgan fingerprint density at radius 3 is 2.40 bits per heavy atom. The Labute approximate surface area is 158 Å². The second-order valence-electron chi connectivity index (χ2n) is 5.24. The van der Waals surface area contributed by atoms with Crippen molar-refractivity contribution in [2.45, 2.75) is 6.61 Å². The molecule has 3 aromatic rings. The first-order chi connectivity index (χ1) is 12.0. The topological polar surface area (TPSA) is 72.5 Å². The zero-order chi connectivity index (χ0) is 18.0. The van der Waals surface area contributed by atoms with Crippen LogP contribution in [0.25, 0.3) is 11.1 Å². The number of thiophene rings is 1. The van der Waals surface area contributed by atoms with Crippen LogP contribution in [-0.4, -0.2) is 11.1 Å². The van der Waals surface area contributed by atoms with Crippen LogP contribution >= 0.6 is 34.5 Å². The molecule has 4 nitrogen and oxygen atoms in total. The van der Waals surface area contributed by atoms with Crippen molar-refractivity contribution >= 4 is 45.5 Å². The average molecular weight is 394 g/mol. The lowest BCUT2D eigenvalue weighted by Gasteiger charge is -2.12. The molecule has 0 spiro atoms. The summed E-state index contributed by atoms with van der Waals surface area (Å²) in [6.07, 6.45) is 0. The molecular weight excluding hydrogens is 381 g/mol. The number of nitrogens with two attached hydrogens (primary N) is 1. The SMILES string of the molecule is Nc1scc(-c2cc(Cl)c(OCc3ccccc3)c(Cl)c2)c1C(=O)O. The lowest BCUT2D eigenvalue weighted by atomic mass is 10.0. The number of hydrogen-bond donors (Lipinski definition) is 2. The van der Waals surface area contributed by atoms with Crippen LogP contribution in [0.3, 0.4) is 0 Å². The minimum atomic E-state index is -1.09. The number of hydrogen-bond acceptors (Lipinski definition) is 4. The van der Waals surface area contributed by atoms with E-state index in [-0.39, 0.29) is 10.6 Å². The minimum absolute atomic E-state index is 0.0510. The fourth-order valence-electron chi connectivity index (χ4n) is 2.39. The van der Waals surface area contributed by atoms with Crippen LogP contribution in [0.4, 0.5) is 5.00 Å². The van der Waals surface area contributed by atoms with Crippen molar-refractivity contribution in [2.75, 3.05) is 5.73 Å². The zero-order valence-electron chi connectivity index (χ0n) is 12.8. The molecule has 0 atom stereocenters. The highest BCUT2D eigenvalue weighted by Gasteiger charge is 2.20. The van der Waals surface area contributed by atoms with Crippen LogP contribution in [0.1, 0.15) is 15.9 Å². The number of carboxylic acid groups (broad SMARTS) is 1. The summed E-state index contributed by atoms with van der Waals surface area (Å²) in [5, 5.41) is 11.9. The fourth-order valence-corrected chi connectivity index (χ4v) is 3.80. The fraction of sp³-hybridized carbons (Fsp3) is 0.0556. The molecule has 7 heteroatoms. The highest BCUT2D eigenvalue weighted by atomic mass is 35.5. The number of nitrogen functional groups attached to an aromatic ring is 1. The second kappa shape index (κ2) is 7.35. The van der Waals surface area contributed by atoms with Gasteiger partial charge in [0.1, 0.15) is 17.2 Å². The van der Waals surface area contributed by atoms with Crippen molar-refractivity contribution in [3.63, 3.8) is 0 Å². The van der Waals surface area contributed by atoms with E-state index < -0.39 is 5.97 Å². The van der Waals surface area contributed by atoms with Crippen molar-refractivity contribution in [3.05, 3.63) is 69.0 Å². The van der Waals surface area contributed by atoms with Gasteiger partial charge in [-0.25, -0.2) is 4.79 Å². The first kappa shape index (κ1) is 17.6. The summed E-state index contributed by atoms with van der Waals surface area (Å²) in [5.41, 5.74) is 7.84. The first-order valence-electron chi connectivity index (χ1n) is 7.23. The largest absolute Gasteiger partial charge is 0.486 e. The Bertz CT molecular complexity index is 902. The summed E-state index contributed by atoms with van der Waals surface area (Å²) in [7, 11) is 0. The third kappa shape index (κ3) is 3.74. The van der Waals surface area contributed by atoms with E-state index in [2.05, 4.69) is 0 Å². The average Bonchev–Trinajstić information content (AvgIpc) is 2.97. The molecule has 3 rings (SSSR count). The van der Waals surface area contributed by atoms with Crippen LogP contribution in [0.5, 0.6) is 5.75 Å². The third-order valence-corrected chi connectivity index (χ3v) is 4.94. The van der Waals surface area contributed by atoms with Crippen LogP contribution in [-0.2, 0) is 6.61 Å². The van der Waals surface area contributed by atoms with Gasteiger partial charge in [-0.3, -0.25) is 0 Å². The van der Waals surface area contributed by atoms with E-state index >= 15 is 0 Å². The van der Waals surface area contributed by atoms with E-state index in [1.165, 1.54) is 0 Å². The monoisotopic (exact) mass is 393 g/mol. The summed E-state index contributed by atoms with van der Waals surface area (Å²) in [6.45, 7) is 0.325. The summed E-state index contributed by atoms with van der Waals surface area (Å²) < 4.78 is 5.73. The Morgan fingerprint density at radius 1 is 1.16 bits per heavy atom. The van der Waals surface area contributed by atoms with Gasteiger partial charge in [-0.15, -0.1) is 11.3 Å². The maximum absolute atomic E-state index is 11.4. The molecule has 3 N–H and O–H groups in total. The maximum atomic E-state index is 11.4. The highest BCUT2D eigenvalue weighted by molar-refractivity contribution is 7.14. The van der Waals surface area contributed by atoms with Gasteiger partial charge >= 0.3 is 5.97 Å². The number of anilines is 1. The van der Waals surface area contributed by atoms with Gasteiger partial charge in [0.05, 0.1) is 10.0 Å². The number of halogens is 2. The number of rotatable bonds is 5. The predicted molar refractivity (Wildman–Crippen MR) is 102 cm³/mol. The van der Waals surface area contributed by atoms with Crippen molar-refractivity contribution in [3.8, 4) is 16.9 Å². The van der Waals surface area contributed by atoms with E-state index in [0.29, 0.717) is 33.5 Å². The number of carboxylic acids is 1. The molecule has 0 fully saturated rings. The Morgan fingerprint density at radius 2 is 1.80 bits per heavy atom. The van der Waals surface area contributed by atoms with Gasteiger partial charge < -0.3 is 15.6 Å². The van der Waals surface area contributed by atoms with E-state index in [1.54, 1.807) is 17.5 Å². The third-order valence-electron chi connectivity index (χ3n) is 3.57. The molecule has 0 aliphatic heterocycles. The molecule has 0 bridgehead atoms. The molecule has 0 unspecified atom stereocenters. The lowest BCUT2D eigenvalue weighted by Crippen LogP contribution is -2.01. The summed E-state index contributed by atoms with van der Waals surface area (Å²) >= 11 is 13.8. The zero-order valence-corrected chi connectivity index (χ0v) is 15.2. The smallest absolute Gasteiger partial charge is 0.339 e. The number of aromatic carboxylic acids is 1. The molecule has 25 heavy (non-hydrogen) atoms. The minimum Gasteiger partial charge on any atom is -0.486 e. The second-order valence-corrected chi connectivity index (χ2v) is 6.96. The van der Waals surface area contributed by atoms with E-state index in [4.69, 9.17) is 33.7 Å². The highest BCUT2D eigenvalue weighted by Crippen LogP contribution is 2.41. The number of carbonyl (C=O) groups is 1. The number of ether oxygens (including phenoxy) is 1. The number of benzene rings is 2. The van der Waals surface area contributed by atoms with Gasteiger partial charge in [0.15, 0.2) is 5.75 Å². The lowest BCUT2D eigenvalue weighted by molar-refractivity contribution is 0.0699. The van der Waals surface area contributed by atoms with Gasteiger partial charge in [0.25, 0.3) is 0 Å². The van der Waals surface area contributed by atoms with Crippen molar-refractivity contribution < 1.29 is 14.6 Å². The van der Waals surface area contributed by atoms with Crippen LogP contribution < -0.4 is 10.5 Å². The molecular formula is C18H13Cl2NO3S. The molecule has 0 radical (unpaired) electrons. The van der Waals surface area contributed by atoms with Crippen LogP contribution in [0, 0.1) is 0 Å². The molecule has 0 aliphatic carbocycles. The van der Waals surface area contributed by atoms with Crippen LogP contribution in [0.15, 0.2) is 47.8 Å². The summed E-state index contributed by atoms with van der Waals surface area (Å²) in [6, 6.07) is 12.9. The maximum Gasteiger partial charge on any atom is 0.339 e. The Hall–Kier alpha value is -2.21. The molecule has 0 amide bonds. The molecule has 128 valence electrons. The summed E-state index contributed by atoms with van der Waals surface area (Å²) in [4.78, 5) is 11.4. The molecule has 2 aromatic carbocycles. The van der Waals surface area contributed by atoms with Crippen LogP contribution in [0.2, 0.25) is 10.0 Å². The van der Waals surface area contributed by atoms with E-state index in [0.717, 1.165) is 16.9 Å². The van der Waals surface area contributed by atoms with Gasteiger partial charge in [-0.2, -0.15) is 0 Å². The van der Waals surface area contributed by atoms with Gasteiger partial charge in [0.2, 0.25) is 0 Å². The molecule has 1 aromatic heterocycles. The molecule has 1 heterocycles. The molecule has 0 saturated heterocycles. The van der Waals surface area contributed by atoms with Gasteiger partial charge in [-0.1, -0.05) is 53.5 Å². The van der Waals surface area contributed by atoms with E-state index in [9.17, 15) is 9.90 Å². The van der Waals surface area contributed by atoms with Gasteiger partial charge in [0, 0.05) is 10.9 Å². The normalized spacial score (nSPS) is 10.6. The Kier molecular flexibility index (Phi) is 5.18. The van der Waals surface area contributed by atoms with E-state index in [1.807, 2.05) is 30.3 Å². The van der Waals surface area contributed by atoms with Crippen molar-refractivity contribution in [2.24, 2.45) is 0 Å². The van der Waals surface area contributed by atoms with Gasteiger partial charge in [-0.05, 0) is 23.3 Å². The molecule has 0 aliphatic rings. The first-order valence-corrected chi connectivity index (χ1v) is 8.87. The standard InChI is InChI=1S/C18H13Cl2NO3S/c19-13-6-11(12-9-25-17(21)15(12)18(22)23)7-14(20)16(13)24-8-10-4-2-1-3-5-10/h1-7,9H,8,21H2,(H,22,23). The van der Waals surface area contributed by atoms with Crippen molar-refractivity contribution in [1.82, 2.24) is 0 Å².